The molecule has 1 aliphatic rings. The smallest absolute Gasteiger partial charge is 0.367 e. The molecule has 0 unspecified atom stereocenters. The summed E-state index contributed by atoms with van der Waals surface area (Å²) in [5.74, 6) is -0.261. The molecule has 3 rings (SSSR count). The number of rotatable bonds is 3. The van der Waals surface area contributed by atoms with Crippen LogP contribution in [-0.4, -0.2) is 40.6 Å². The topological polar surface area (TPSA) is 69.3 Å². The molecule has 1 aromatic heterocycles. The zero-order valence-corrected chi connectivity index (χ0v) is 14.8. The van der Waals surface area contributed by atoms with E-state index in [1.165, 1.54) is 29.3 Å². The van der Waals surface area contributed by atoms with Gasteiger partial charge in [0.05, 0.1) is 17.4 Å². The number of amides is 1. The van der Waals surface area contributed by atoms with Crippen molar-refractivity contribution in [3.8, 4) is 0 Å². The Labute approximate surface area is 157 Å². The maximum atomic E-state index is 13.2. The lowest BCUT2D eigenvalue weighted by atomic mass is 10.1. The minimum Gasteiger partial charge on any atom is -0.367 e. The molecule has 0 aliphatic carbocycles. The summed E-state index contributed by atoms with van der Waals surface area (Å²) in [5, 5.41) is 5.89. The first-order chi connectivity index (χ1) is 12.8. The molecule has 0 bridgehead atoms. The van der Waals surface area contributed by atoms with E-state index in [2.05, 4.69) is 10.2 Å². The lowest BCUT2D eigenvalue weighted by Gasteiger charge is -2.24. The van der Waals surface area contributed by atoms with Crippen molar-refractivity contribution in [1.82, 2.24) is 15.1 Å². The Balaban J connectivity index is 1.79. The number of halogens is 4. The minimum atomic E-state index is -4.48. The number of carbonyl (C=O) groups excluding carboxylic acids is 1. The highest BCUT2D eigenvalue weighted by Gasteiger charge is 2.34. The minimum absolute atomic E-state index is 0.0340. The Bertz CT molecular complexity index is 900. The predicted molar refractivity (Wildman–Crippen MR) is 93.6 cm³/mol. The number of nitrogens with one attached hydrogen (secondary N) is 1. The van der Waals surface area contributed by atoms with E-state index in [4.69, 9.17) is 11.6 Å². The largest absolute Gasteiger partial charge is 0.416 e. The van der Waals surface area contributed by atoms with Crippen LogP contribution in [-0.2, 0) is 17.5 Å². The van der Waals surface area contributed by atoms with Gasteiger partial charge < -0.3 is 9.80 Å². The maximum absolute atomic E-state index is 13.2. The molecule has 144 valence electrons. The molecule has 2 heterocycles. The van der Waals surface area contributed by atoms with Gasteiger partial charge in [0.15, 0.2) is 0 Å². The number of nitrogens with zero attached hydrogens (tertiary/aromatic N) is 3. The molecule has 0 spiro atoms. The van der Waals surface area contributed by atoms with Gasteiger partial charge in [0.1, 0.15) is 5.02 Å². The van der Waals surface area contributed by atoms with Crippen LogP contribution < -0.4 is 10.5 Å². The maximum Gasteiger partial charge on any atom is 0.416 e. The second-order valence-electron chi connectivity index (χ2n) is 6.11. The molecule has 1 fully saturated rings. The summed E-state index contributed by atoms with van der Waals surface area (Å²) in [7, 11) is 0. The second kappa shape index (κ2) is 7.59. The van der Waals surface area contributed by atoms with Gasteiger partial charge in [0.2, 0.25) is 5.91 Å². The fraction of sp³-hybridized carbons (Fsp3) is 0.353. The quantitative estimate of drug-likeness (QED) is 0.860. The molecule has 2 aromatic rings. The molecule has 0 atom stereocenters. The van der Waals surface area contributed by atoms with E-state index >= 15 is 0 Å². The van der Waals surface area contributed by atoms with Gasteiger partial charge in [-0.25, -0.2) is 5.10 Å². The Morgan fingerprint density at radius 2 is 1.89 bits per heavy atom. The molecular weight excluding hydrogens is 385 g/mol. The average Bonchev–Trinajstić information content (AvgIpc) is 2.79. The molecule has 10 heteroatoms. The molecule has 27 heavy (non-hydrogen) atoms. The summed E-state index contributed by atoms with van der Waals surface area (Å²) in [6.45, 7) is 0.684. The lowest BCUT2D eigenvalue weighted by Crippen LogP contribution is -2.34. The SMILES string of the molecule is O=C1CCN(c2cn[nH]c(=O)c2Cl)CCN1Cc1ccccc1C(F)(F)F. The zero-order chi connectivity index (χ0) is 19.6. The third-order valence-corrected chi connectivity index (χ3v) is 4.76. The fourth-order valence-electron chi connectivity index (χ4n) is 3.01. The number of aromatic amines is 1. The fourth-order valence-corrected chi connectivity index (χ4v) is 3.22. The van der Waals surface area contributed by atoms with Crippen LogP contribution in [0.2, 0.25) is 5.02 Å². The van der Waals surface area contributed by atoms with E-state index in [9.17, 15) is 22.8 Å². The number of anilines is 1. The van der Waals surface area contributed by atoms with Crippen molar-refractivity contribution in [2.75, 3.05) is 24.5 Å². The molecular formula is C17H16ClF3N4O2. The van der Waals surface area contributed by atoms with Crippen LogP contribution in [0.3, 0.4) is 0 Å². The third kappa shape index (κ3) is 4.24. The number of aromatic nitrogens is 2. The molecule has 1 amide bonds. The van der Waals surface area contributed by atoms with Crippen LogP contribution >= 0.6 is 11.6 Å². The van der Waals surface area contributed by atoms with Gasteiger partial charge in [-0.05, 0) is 11.6 Å². The number of carbonyl (C=O) groups is 1. The van der Waals surface area contributed by atoms with Gasteiger partial charge in [0, 0.05) is 32.6 Å². The highest BCUT2D eigenvalue weighted by Crippen LogP contribution is 2.32. The highest BCUT2D eigenvalue weighted by molar-refractivity contribution is 6.33. The van der Waals surface area contributed by atoms with Crippen LogP contribution in [0.15, 0.2) is 35.3 Å². The summed E-state index contributed by atoms with van der Waals surface area (Å²) in [5.41, 5.74) is -0.852. The van der Waals surface area contributed by atoms with Gasteiger partial charge in [-0.3, -0.25) is 9.59 Å². The van der Waals surface area contributed by atoms with Crippen molar-refractivity contribution < 1.29 is 18.0 Å². The molecule has 1 saturated heterocycles. The molecule has 1 aromatic carbocycles. The highest BCUT2D eigenvalue weighted by atomic mass is 35.5. The van der Waals surface area contributed by atoms with Gasteiger partial charge >= 0.3 is 6.18 Å². The Hall–Kier alpha value is -2.55. The van der Waals surface area contributed by atoms with Crippen LogP contribution in [0.1, 0.15) is 17.5 Å². The molecule has 0 radical (unpaired) electrons. The van der Waals surface area contributed by atoms with Crippen molar-refractivity contribution in [2.24, 2.45) is 0 Å². The standard InChI is InChI=1S/C17H16ClF3N4O2/c18-15-13(9-22-23-16(15)27)24-6-5-14(26)25(8-7-24)10-11-3-1-2-4-12(11)17(19,20)21/h1-4,9H,5-8,10H2,(H,23,27). The van der Waals surface area contributed by atoms with E-state index in [0.717, 1.165) is 6.07 Å². The summed E-state index contributed by atoms with van der Waals surface area (Å²) in [4.78, 5) is 27.1. The van der Waals surface area contributed by atoms with Crippen LogP contribution in [0.25, 0.3) is 0 Å². The van der Waals surface area contributed by atoms with Crippen LogP contribution in [0.5, 0.6) is 0 Å². The first-order valence-electron chi connectivity index (χ1n) is 8.18. The molecule has 1 aliphatic heterocycles. The Kier molecular flexibility index (Phi) is 5.41. The molecule has 1 N–H and O–H groups in total. The first kappa shape index (κ1) is 19.2. The Morgan fingerprint density at radius 3 is 2.63 bits per heavy atom. The monoisotopic (exact) mass is 400 g/mol. The van der Waals surface area contributed by atoms with Gasteiger partial charge in [-0.1, -0.05) is 29.8 Å². The predicted octanol–water partition coefficient (Wildman–Crippen LogP) is 2.68. The van der Waals surface area contributed by atoms with Crippen LogP contribution in [0, 0.1) is 0 Å². The average molecular weight is 401 g/mol. The zero-order valence-electron chi connectivity index (χ0n) is 14.1. The lowest BCUT2D eigenvalue weighted by molar-refractivity contribution is -0.139. The van der Waals surface area contributed by atoms with Gasteiger partial charge in [-0.2, -0.15) is 18.3 Å². The van der Waals surface area contributed by atoms with Crippen molar-refractivity contribution in [3.63, 3.8) is 0 Å². The number of benzene rings is 1. The molecule has 6 nitrogen and oxygen atoms in total. The first-order valence-corrected chi connectivity index (χ1v) is 8.56. The van der Waals surface area contributed by atoms with E-state index in [-0.39, 0.29) is 36.0 Å². The summed E-state index contributed by atoms with van der Waals surface area (Å²) in [6, 6.07) is 5.21. The number of alkyl halides is 3. The van der Waals surface area contributed by atoms with Gasteiger partial charge in [0.25, 0.3) is 5.56 Å². The third-order valence-electron chi connectivity index (χ3n) is 4.39. The van der Waals surface area contributed by atoms with Crippen LogP contribution in [0.4, 0.5) is 18.9 Å². The number of hydrogen-bond donors (Lipinski definition) is 1. The number of H-pyrrole nitrogens is 1. The van der Waals surface area contributed by atoms with E-state index in [1.807, 2.05) is 0 Å². The second-order valence-corrected chi connectivity index (χ2v) is 6.48. The summed E-state index contributed by atoms with van der Waals surface area (Å²) >= 11 is 6.00. The summed E-state index contributed by atoms with van der Waals surface area (Å²) in [6.07, 6.45) is -3.00. The van der Waals surface area contributed by atoms with E-state index < -0.39 is 17.3 Å². The summed E-state index contributed by atoms with van der Waals surface area (Å²) < 4.78 is 39.5. The number of hydrogen-bond acceptors (Lipinski definition) is 4. The van der Waals surface area contributed by atoms with E-state index in [0.29, 0.717) is 18.8 Å². The van der Waals surface area contributed by atoms with Gasteiger partial charge in [-0.15, -0.1) is 0 Å². The molecule has 0 saturated carbocycles. The van der Waals surface area contributed by atoms with Crippen molar-refractivity contribution in [3.05, 3.63) is 57.0 Å². The Morgan fingerprint density at radius 1 is 1.15 bits per heavy atom. The normalized spacial score (nSPS) is 15.8. The van der Waals surface area contributed by atoms with Crippen molar-refractivity contribution in [2.45, 2.75) is 19.1 Å². The van der Waals surface area contributed by atoms with Crippen molar-refractivity contribution >= 4 is 23.2 Å². The van der Waals surface area contributed by atoms with E-state index in [1.54, 1.807) is 4.90 Å². The van der Waals surface area contributed by atoms with Crippen molar-refractivity contribution in [1.29, 1.82) is 0 Å².